The highest BCUT2D eigenvalue weighted by Crippen LogP contribution is 2.37. The van der Waals surface area contributed by atoms with Gasteiger partial charge in [-0.1, -0.05) is 60.7 Å². The van der Waals surface area contributed by atoms with Gasteiger partial charge in [-0.15, -0.1) is 0 Å². The van der Waals surface area contributed by atoms with Crippen LogP contribution in [0.5, 0.6) is 0 Å². The molecule has 2 aromatic rings. The summed E-state index contributed by atoms with van der Waals surface area (Å²) in [4.78, 5) is 26.7. The SMILES string of the molecule is C[Si](C)(C)CCOCn1c(Sc2c(Cl)cccc2Cl)cc(=O)[nH]c1=O. The number of aromatic nitrogens is 2. The molecule has 0 saturated carbocycles. The summed E-state index contributed by atoms with van der Waals surface area (Å²) in [6, 6.07) is 7.47. The van der Waals surface area contributed by atoms with Crippen LogP contribution in [-0.2, 0) is 11.5 Å². The molecular formula is C16H20Cl2N2O3SSi. The van der Waals surface area contributed by atoms with E-state index in [1.54, 1.807) is 18.2 Å². The number of H-pyrrole nitrogens is 1. The lowest BCUT2D eigenvalue weighted by Gasteiger charge is -2.17. The van der Waals surface area contributed by atoms with E-state index in [4.69, 9.17) is 27.9 Å². The van der Waals surface area contributed by atoms with Gasteiger partial charge in [0.25, 0.3) is 5.56 Å². The van der Waals surface area contributed by atoms with Crippen molar-refractivity contribution < 1.29 is 4.74 Å². The Hall–Kier alpha value is -0.993. The standard InChI is InChI=1S/C16H20Cl2N2O3SSi/c1-25(2,3)8-7-23-10-20-14(9-13(21)19-16(20)22)24-15-11(17)5-4-6-12(15)18/h4-6,9H,7-8,10H2,1-3H3,(H,19,21,22). The summed E-state index contributed by atoms with van der Waals surface area (Å²) in [5.41, 5.74) is -1.000. The minimum absolute atomic E-state index is 0.0600. The van der Waals surface area contributed by atoms with E-state index in [0.29, 0.717) is 26.6 Å². The third-order valence-corrected chi connectivity index (χ3v) is 7.09. The molecule has 0 spiro atoms. The average Bonchev–Trinajstić information content (AvgIpc) is 2.48. The van der Waals surface area contributed by atoms with E-state index in [1.807, 2.05) is 0 Å². The van der Waals surface area contributed by atoms with Crippen molar-refractivity contribution in [3.63, 3.8) is 0 Å². The van der Waals surface area contributed by atoms with Crippen LogP contribution in [0.2, 0.25) is 35.7 Å². The fraction of sp³-hybridized carbons (Fsp3) is 0.375. The molecule has 0 saturated heterocycles. The molecule has 1 N–H and O–H groups in total. The third kappa shape index (κ3) is 6.04. The maximum atomic E-state index is 12.2. The Morgan fingerprint density at radius 3 is 2.44 bits per heavy atom. The average molecular weight is 419 g/mol. The van der Waals surface area contributed by atoms with Crippen molar-refractivity contribution in [2.75, 3.05) is 6.61 Å². The smallest absolute Gasteiger partial charge is 0.331 e. The van der Waals surface area contributed by atoms with Crippen molar-refractivity contribution in [2.24, 2.45) is 0 Å². The van der Waals surface area contributed by atoms with Gasteiger partial charge in [-0.25, -0.2) is 4.79 Å². The molecule has 0 atom stereocenters. The van der Waals surface area contributed by atoms with E-state index in [9.17, 15) is 9.59 Å². The zero-order valence-electron chi connectivity index (χ0n) is 14.3. The number of rotatable bonds is 7. The van der Waals surface area contributed by atoms with E-state index >= 15 is 0 Å². The molecule has 0 fully saturated rings. The first kappa shape index (κ1) is 20.3. The number of benzene rings is 1. The Kier molecular flexibility index (Phi) is 6.99. The van der Waals surface area contributed by atoms with Gasteiger partial charge < -0.3 is 4.74 Å². The fourth-order valence-corrected chi connectivity index (χ4v) is 4.26. The van der Waals surface area contributed by atoms with E-state index in [-0.39, 0.29) is 6.73 Å². The number of nitrogens with zero attached hydrogens (tertiary/aromatic N) is 1. The Bertz CT molecular complexity index is 841. The van der Waals surface area contributed by atoms with E-state index in [2.05, 4.69) is 24.6 Å². The molecule has 0 radical (unpaired) electrons. The van der Waals surface area contributed by atoms with E-state index in [0.717, 1.165) is 6.04 Å². The first-order valence-electron chi connectivity index (χ1n) is 7.71. The lowest BCUT2D eigenvalue weighted by Crippen LogP contribution is -2.32. The van der Waals surface area contributed by atoms with Gasteiger partial charge in [0.2, 0.25) is 0 Å². The highest BCUT2D eigenvalue weighted by atomic mass is 35.5. The molecular weight excluding hydrogens is 399 g/mol. The molecule has 9 heteroatoms. The van der Waals surface area contributed by atoms with Crippen molar-refractivity contribution in [1.82, 2.24) is 9.55 Å². The lowest BCUT2D eigenvalue weighted by molar-refractivity contribution is 0.0777. The van der Waals surface area contributed by atoms with Crippen LogP contribution in [0.25, 0.3) is 0 Å². The second-order valence-electron chi connectivity index (χ2n) is 6.71. The summed E-state index contributed by atoms with van der Waals surface area (Å²) in [7, 11) is -1.22. The Labute approximate surface area is 161 Å². The zero-order chi connectivity index (χ0) is 18.6. The van der Waals surface area contributed by atoms with Crippen LogP contribution in [0.15, 0.2) is 43.8 Å². The molecule has 0 amide bonds. The van der Waals surface area contributed by atoms with Crippen LogP contribution >= 0.6 is 35.0 Å². The summed E-state index contributed by atoms with van der Waals surface area (Å²) in [6.07, 6.45) is 0. The third-order valence-electron chi connectivity index (χ3n) is 3.34. The quantitative estimate of drug-likeness (QED) is 0.413. The minimum Gasteiger partial charge on any atom is -0.361 e. The predicted molar refractivity (Wildman–Crippen MR) is 106 cm³/mol. The molecule has 0 unspecified atom stereocenters. The zero-order valence-corrected chi connectivity index (χ0v) is 17.6. The van der Waals surface area contributed by atoms with Gasteiger partial charge in [0.1, 0.15) is 6.73 Å². The molecule has 0 aliphatic heterocycles. The maximum Gasteiger partial charge on any atom is 0.331 e. The normalized spacial score (nSPS) is 11.7. The summed E-state index contributed by atoms with van der Waals surface area (Å²) >= 11 is 13.5. The van der Waals surface area contributed by atoms with Gasteiger partial charge in [0.05, 0.1) is 20.0 Å². The van der Waals surface area contributed by atoms with Crippen LogP contribution in [0, 0.1) is 0 Å². The van der Waals surface area contributed by atoms with Crippen LogP contribution in [0.3, 0.4) is 0 Å². The Balaban J connectivity index is 2.25. The minimum atomic E-state index is -1.22. The molecule has 0 bridgehead atoms. The van der Waals surface area contributed by atoms with Crippen LogP contribution in [0.1, 0.15) is 0 Å². The molecule has 1 aromatic heterocycles. The molecule has 0 aliphatic carbocycles. The van der Waals surface area contributed by atoms with E-state index in [1.165, 1.54) is 22.4 Å². The highest BCUT2D eigenvalue weighted by Gasteiger charge is 2.15. The van der Waals surface area contributed by atoms with Crippen molar-refractivity contribution in [1.29, 1.82) is 0 Å². The Morgan fingerprint density at radius 2 is 1.84 bits per heavy atom. The van der Waals surface area contributed by atoms with Gasteiger partial charge in [-0.3, -0.25) is 14.3 Å². The molecule has 2 rings (SSSR count). The summed E-state index contributed by atoms with van der Waals surface area (Å²) in [5.74, 6) is 0. The molecule has 1 heterocycles. The maximum absolute atomic E-state index is 12.2. The number of ether oxygens (including phenoxy) is 1. The van der Waals surface area contributed by atoms with Crippen LogP contribution < -0.4 is 11.2 Å². The van der Waals surface area contributed by atoms with Crippen molar-refractivity contribution in [2.45, 2.75) is 42.3 Å². The van der Waals surface area contributed by atoms with Crippen molar-refractivity contribution >= 4 is 43.0 Å². The number of hydrogen-bond donors (Lipinski definition) is 1. The van der Waals surface area contributed by atoms with Gasteiger partial charge in [0, 0.05) is 20.7 Å². The fourth-order valence-electron chi connectivity index (χ4n) is 1.92. The van der Waals surface area contributed by atoms with Crippen molar-refractivity contribution in [3.05, 3.63) is 55.1 Å². The number of hydrogen-bond acceptors (Lipinski definition) is 4. The monoisotopic (exact) mass is 418 g/mol. The number of nitrogens with one attached hydrogen (secondary N) is 1. The van der Waals surface area contributed by atoms with Gasteiger partial charge in [0.15, 0.2) is 0 Å². The number of halogens is 2. The molecule has 25 heavy (non-hydrogen) atoms. The van der Waals surface area contributed by atoms with Crippen LogP contribution in [-0.4, -0.2) is 24.2 Å². The molecule has 5 nitrogen and oxygen atoms in total. The van der Waals surface area contributed by atoms with Crippen molar-refractivity contribution in [3.8, 4) is 0 Å². The second kappa shape index (κ2) is 8.59. The van der Waals surface area contributed by atoms with Gasteiger partial charge >= 0.3 is 5.69 Å². The highest BCUT2D eigenvalue weighted by molar-refractivity contribution is 7.99. The summed E-state index contributed by atoms with van der Waals surface area (Å²) in [5, 5.41) is 1.34. The summed E-state index contributed by atoms with van der Waals surface area (Å²) in [6.45, 7) is 7.39. The first-order valence-corrected chi connectivity index (χ1v) is 13.0. The molecule has 1 aromatic carbocycles. The Morgan fingerprint density at radius 1 is 1.20 bits per heavy atom. The molecule has 136 valence electrons. The van der Waals surface area contributed by atoms with Gasteiger partial charge in [-0.05, 0) is 18.2 Å². The molecule has 0 aliphatic rings. The largest absolute Gasteiger partial charge is 0.361 e. The topological polar surface area (TPSA) is 64.1 Å². The summed E-state index contributed by atoms with van der Waals surface area (Å²) < 4.78 is 7.02. The predicted octanol–water partition coefficient (Wildman–Crippen LogP) is 4.31. The van der Waals surface area contributed by atoms with E-state index < -0.39 is 19.3 Å². The first-order chi connectivity index (χ1) is 11.7. The lowest BCUT2D eigenvalue weighted by atomic mass is 10.4. The van der Waals surface area contributed by atoms with Gasteiger partial charge in [-0.2, -0.15) is 0 Å². The van der Waals surface area contributed by atoms with Crippen LogP contribution in [0.4, 0.5) is 0 Å². The number of aromatic amines is 1. The second-order valence-corrected chi connectivity index (χ2v) is 14.2.